The lowest BCUT2D eigenvalue weighted by atomic mass is 9.57. The Kier molecular flexibility index (Phi) is 4.84. The van der Waals surface area contributed by atoms with Crippen LogP contribution in [0.5, 0.6) is 0 Å². The van der Waals surface area contributed by atoms with Gasteiger partial charge in [0.2, 0.25) is 0 Å². The van der Waals surface area contributed by atoms with Gasteiger partial charge in [-0.05, 0) is 92.2 Å². The van der Waals surface area contributed by atoms with Crippen molar-refractivity contribution in [3.05, 3.63) is 144 Å². The number of hydrogen-bond donors (Lipinski definition) is 1. The van der Waals surface area contributed by atoms with Crippen LogP contribution in [0.4, 0.5) is 11.4 Å². The first-order valence-corrected chi connectivity index (χ1v) is 18.1. The van der Waals surface area contributed by atoms with Crippen LogP contribution < -0.4 is 16.2 Å². The summed E-state index contributed by atoms with van der Waals surface area (Å²) in [5, 5.41) is 9.45. The van der Waals surface area contributed by atoms with E-state index in [1.54, 1.807) is 11.1 Å². The molecule has 47 heavy (non-hydrogen) atoms. The van der Waals surface area contributed by atoms with Crippen molar-refractivity contribution in [1.29, 1.82) is 0 Å². The van der Waals surface area contributed by atoms with Gasteiger partial charge in [0.25, 0.3) is 0 Å². The van der Waals surface area contributed by atoms with Crippen molar-refractivity contribution in [3.8, 4) is 22.3 Å². The van der Waals surface area contributed by atoms with E-state index in [4.69, 9.17) is 0 Å². The van der Waals surface area contributed by atoms with Gasteiger partial charge in [0, 0.05) is 35.5 Å². The maximum absolute atomic E-state index is 3.87. The van der Waals surface area contributed by atoms with Gasteiger partial charge in [0.05, 0.1) is 11.4 Å². The summed E-state index contributed by atoms with van der Waals surface area (Å²) in [6.07, 6.45) is 0. The zero-order chi connectivity index (χ0) is 30.4. The maximum atomic E-state index is 3.87. The van der Waals surface area contributed by atoms with Crippen LogP contribution in [-0.2, 0) is 0 Å². The Morgan fingerprint density at radius 2 is 1.36 bits per heavy atom. The van der Waals surface area contributed by atoms with Gasteiger partial charge in [-0.1, -0.05) is 120 Å². The van der Waals surface area contributed by atoms with Crippen molar-refractivity contribution < 1.29 is 0 Å². The Hall–Kier alpha value is -4.77. The van der Waals surface area contributed by atoms with Crippen LogP contribution in [0, 0.1) is 0 Å². The molecule has 1 saturated carbocycles. The molecule has 7 aromatic carbocycles. The molecule has 2 aliphatic heterocycles. The topological polar surface area (TPSA) is 12.0 Å². The summed E-state index contributed by atoms with van der Waals surface area (Å²) in [5.74, 6) is 1.42. The fraction of sp³-hybridized carbons (Fsp3) is 0.0698. The van der Waals surface area contributed by atoms with Crippen LogP contribution in [0.15, 0.2) is 137 Å². The van der Waals surface area contributed by atoms with Crippen LogP contribution >= 0.6 is 23.1 Å². The number of thiophene rings is 1. The fourth-order valence-corrected chi connectivity index (χ4v) is 11.5. The van der Waals surface area contributed by atoms with Gasteiger partial charge in [-0.2, -0.15) is 0 Å². The lowest BCUT2D eigenvalue weighted by molar-refractivity contribution is 1.02. The molecule has 1 N–H and O–H groups in total. The minimum atomic E-state index is 0.439. The quantitative estimate of drug-likeness (QED) is 0.181. The van der Waals surface area contributed by atoms with Crippen molar-refractivity contribution in [1.82, 2.24) is 0 Å². The second kappa shape index (κ2) is 8.98. The van der Waals surface area contributed by atoms with E-state index in [0.717, 1.165) is 0 Å². The zero-order valence-electron chi connectivity index (χ0n) is 25.3. The summed E-state index contributed by atoms with van der Waals surface area (Å²) >= 11 is 3.82. The van der Waals surface area contributed by atoms with Gasteiger partial charge in [0.15, 0.2) is 7.28 Å². The average molecular weight is 631 g/mol. The normalized spacial score (nSPS) is 19.1. The van der Waals surface area contributed by atoms with E-state index in [-0.39, 0.29) is 0 Å². The average Bonchev–Trinajstić information content (AvgIpc) is 3.78. The van der Waals surface area contributed by atoms with E-state index in [1.165, 1.54) is 90.9 Å². The summed E-state index contributed by atoms with van der Waals surface area (Å²) in [5.41, 5.74) is 15.3. The van der Waals surface area contributed by atoms with E-state index >= 15 is 0 Å². The second-order valence-electron chi connectivity index (χ2n) is 13.4. The molecule has 2 aliphatic carbocycles. The number of fused-ring (bicyclic) bond motifs is 14. The van der Waals surface area contributed by atoms with Gasteiger partial charge < -0.3 is 5.32 Å². The first-order chi connectivity index (χ1) is 23.3. The molecular weight excluding hydrogens is 605 g/mol. The van der Waals surface area contributed by atoms with Gasteiger partial charge >= 0.3 is 0 Å². The Morgan fingerprint density at radius 1 is 0.574 bits per heavy atom. The predicted octanol–water partition coefficient (Wildman–Crippen LogP) is 10.7. The van der Waals surface area contributed by atoms with Crippen molar-refractivity contribution >= 4 is 83.6 Å². The smallest absolute Gasteiger partial charge is 0.193 e. The third kappa shape index (κ3) is 3.27. The Morgan fingerprint density at radius 3 is 2.34 bits per heavy atom. The SMILES string of the molecule is [B]1c2cccc3c2C2C(c4ccc5ccccc5c4-3)C2c2c1c(-c1cccc3c1Nc1ccccc1S3)cc1sc3ccccc3c21. The summed E-state index contributed by atoms with van der Waals surface area (Å²) in [7, 11) is 2.55. The molecule has 1 aromatic heterocycles. The molecule has 1 fully saturated rings. The summed E-state index contributed by atoms with van der Waals surface area (Å²) < 4.78 is 2.76. The molecule has 0 spiro atoms. The zero-order valence-corrected chi connectivity index (χ0v) is 26.9. The third-order valence-electron chi connectivity index (χ3n) is 11.1. The first kappa shape index (κ1) is 25.3. The van der Waals surface area contributed by atoms with E-state index in [1.807, 2.05) is 23.1 Å². The number of benzene rings is 7. The van der Waals surface area contributed by atoms with E-state index < -0.39 is 0 Å². The van der Waals surface area contributed by atoms with Gasteiger partial charge in [-0.15, -0.1) is 11.3 Å². The molecule has 0 bridgehead atoms. The second-order valence-corrected chi connectivity index (χ2v) is 15.6. The fourth-order valence-electron chi connectivity index (χ4n) is 9.28. The van der Waals surface area contributed by atoms with Crippen molar-refractivity contribution in [2.45, 2.75) is 27.5 Å². The Bertz CT molecular complexity index is 2700. The molecule has 1 nitrogen and oxygen atoms in total. The Labute approximate surface area is 281 Å². The van der Waals surface area contributed by atoms with Crippen LogP contribution in [0.3, 0.4) is 0 Å². The molecule has 8 aromatic rings. The van der Waals surface area contributed by atoms with Crippen LogP contribution in [-0.4, -0.2) is 7.28 Å². The molecule has 3 atom stereocenters. The molecule has 4 heteroatoms. The Balaban J connectivity index is 1.18. The van der Waals surface area contributed by atoms with Crippen LogP contribution in [0.1, 0.15) is 34.4 Å². The molecule has 217 valence electrons. The van der Waals surface area contributed by atoms with Gasteiger partial charge in [-0.25, -0.2) is 0 Å². The molecule has 4 aliphatic rings. The largest absolute Gasteiger partial charge is 0.353 e. The van der Waals surface area contributed by atoms with Crippen LogP contribution in [0.25, 0.3) is 53.2 Å². The number of rotatable bonds is 1. The first-order valence-electron chi connectivity index (χ1n) is 16.5. The van der Waals surface area contributed by atoms with E-state index in [2.05, 4.69) is 140 Å². The molecule has 3 unspecified atom stereocenters. The highest BCUT2D eigenvalue weighted by Gasteiger charge is 2.59. The minimum absolute atomic E-state index is 0.439. The molecule has 12 rings (SSSR count). The highest BCUT2D eigenvalue weighted by molar-refractivity contribution is 7.99. The minimum Gasteiger partial charge on any atom is -0.353 e. The van der Waals surface area contributed by atoms with Crippen molar-refractivity contribution in [2.75, 3.05) is 5.32 Å². The van der Waals surface area contributed by atoms with Crippen LogP contribution in [0.2, 0.25) is 0 Å². The molecular formula is C43H25BNS2. The highest BCUT2D eigenvalue weighted by atomic mass is 32.2. The molecule has 0 saturated heterocycles. The van der Waals surface area contributed by atoms with Gasteiger partial charge in [0.1, 0.15) is 0 Å². The maximum Gasteiger partial charge on any atom is 0.193 e. The number of nitrogens with one attached hydrogen (secondary N) is 1. The number of para-hydroxylation sites is 2. The lowest BCUT2D eigenvalue weighted by Gasteiger charge is -2.26. The van der Waals surface area contributed by atoms with E-state index in [0.29, 0.717) is 17.8 Å². The van der Waals surface area contributed by atoms with Gasteiger partial charge in [-0.3, -0.25) is 0 Å². The summed E-state index contributed by atoms with van der Waals surface area (Å²) in [4.78, 5) is 2.56. The van der Waals surface area contributed by atoms with Crippen molar-refractivity contribution in [3.63, 3.8) is 0 Å². The highest BCUT2D eigenvalue weighted by Crippen LogP contribution is 2.72. The van der Waals surface area contributed by atoms with E-state index in [9.17, 15) is 0 Å². The predicted molar refractivity (Wildman–Crippen MR) is 201 cm³/mol. The number of hydrogen-bond acceptors (Lipinski definition) is 3. The summed E-state index contributed by atoms with van der Waals surface area (Å²) in [6, 6.07) is 47.9. The molecule has 3 heterocycles. The monoisotopic (exact) mass is 630 g/mol. The standard InChI is InChI=1S/C43H25BNS2/c1-2-10-23-22(9-1)19-20-27-35(23)26-13-7-14-29-36(26)39-38(27)40(39)41-37-25-11-3-5-16-31(25)46-34(37)21-28(42(41)44-29)24-12-8-18-33-43(24)45-30-15-4-6-17-32(30)47-33/h1-21,38-40,45H. The van der Waals surface area contributed by atoms with Crippen molar-refractivity contribution in [2.24, 2.45) is 0 Å². The number of anilines is 2. The molecule has 0 amide bonds. The third-order valence-corrected chi connectivity index (χ3v) is 13.4. The molecule has 1 radical (unpaired) electrons. The lowest BCUT2D eigenvalue weighted by Crippen LogP contribution is -2.33. The summed E-state index contributed by atoms with van der Waals surface area (Å²) in [6.45, 7) is 0.